The molecule has 0 radical (unpaired) electrons. The minimum absolute atomic E-state index is 0.0290. The van der Waals surface area contributed by atoms with Gasteiger partial charge in [-0.25, -0.2) is 9.97 Å². The topological polar surface area (TPSA) is 46.1 Å². The molecule has 0 aliphatic rings. The zero-order valence-corrected chi connectivity index (χ0v) is 12.8. The highest BCUT2D eigenvalue weighted by Crippen LogP contribution is 2.16. The Labute approximate surface area is 119 Å². The Bertz CT molecular complexity index is 651. The van der Waals surface area contributed by atoms with Gasteiger partial charge in [0.05, 0.1) is 22.4 Å². The number of carbonyl (C=O) groups excluding carboxylic acids is 1. The van der Waals surface area contributed by atoms with Crippen molar-refractivity contribution in [3.63, 3.8) is 0 Å². The van der Waals surface area contributed by atoms with Crippen LogP contribution in [0.2, 0.25) is 0 Å². The molecule has 4 heteroatoms. The van der Waals surface area contributed by atoms with Crippen LogP contribution in [0.25, 0.3) is 11.0 Å². The number of aryl methyl sites for hydroxylation is 2. The molecule has 4 nitrogen and oxygen atoms in total. The number of amides is 1. The van der Waals surface area contributed by atoms with Crippen LogP contribution in [0, 0.1) is 13.8 Å². The normalized spacial score (nSPS) is 12.4. The van der Waals surface area contributed by atoms with E-state index < -0.39 is 0 Å². The van der Waals surface area contributed by atoms with Crippen LogP contribution in [0.5, 0.6) is 0 Å². The van der Waals surface area contributed by atoms with E-state index in [1.54, 1.807) is 4.90 Å². The highest BCUT2D eigenvalue weighted by atomic mass is 16.2. The summed E-state index contributed by atoms with van der Waals surface area (Å²) in [6.07, 6.45) is 0.938. The van der Waals surface area contributed by atoms with Gasteiger partial charge in [-0.1, -0.05) is 6.92 Å². The maximum atomic E-state index is 12.4. The minimum Gasteiger partial charge on any atom is -0.339 e. The number of fused-ring (bicyclic) bond motifs is 1. The van der Waals surface area contributed by atoms with Crippen LogP contribution in [0.1, 0.15) is 42.0 Å². The third-order valence-corrected chi connectivity index (χ3v) is 3.89. The van der Waals surface area contributed by atoms with Crippen LogP contribution in [-0.2, 0) is 0 Å². The SMILES string of the molecule is CCC(C)N(C)C(=O)c1ccc2nc(C)c(C)nc2c1. The first-order valence-corrected chi connectivity index (χ1v) is 6.96. The van der Waals surface area contributed by atoms with Crippen LogP contribution >= 0.6 is 0 Å². The van der Waals surface area contributed by atoms with E-state index in [9.17, 15) is 4.79 Å². The second kappa shape index (κ2) is 5.57. The zero-order valence-electron chi connectivity index (χ0n) is 12.8. The Balaban J connectivity index is 2.41. The van der Waals surface area contributed by atoms with Crippen LogP contribution in [0.3, 0.4) is 0 Å². The smallest absolute Gasteiger partial charge is 0.253 e. The van der Waals surface area contributed by atoms with E-state index in [0.29, 0.717) is 5.56 Å². The second-order valence-electron chi connectivity index (χ2n) is 5.27. The fourth-order valence-electron chi connectivity index (χ4n) is 2.04. The van der Waals surface area contributed by atoms with E-state index in [2.05, 4.69) is 16.9 Å². The number of nitrogens with zero attached hydrogens (tertiary/aromatic N) is 3. The lowest BCUT2D eigenvalue weighted by atomic mass is 10.1. The minimum atomic E-state index is 0.0290. The van der Waals surface area contributed by atoms with Gasteiger partial charge in [0.25, 0.3) is 5.91 Å². The van der Waals surface area contributed by atoms with Crippen LogP contribution in [0.15, 0.2) is 18.2 Å². The van der Waals surface area contributed by atoms with Crippen LogP contribution < -0.4 is 0 Å². The van der Waals surface area contributed by atoms with E-state index in [4.69, 9.17) is 0 Å². The molecule has 1 aromatic heterocycles. The second-order valence-corrected chi connectivity index (χ2v) is 5.27. The van der Waals surface area contributed by atoms with Gasteiger partial charge in [-0.3, -0.25) is 4.79 Å². The quantitative estimate of drug-likeness (QED) is 0.861. The Morgan fingerprint density at radius 2 is 1.80 bits per heavy atom. The third-order valence-electron chi connectivity index (χ3n) is 3.89. The lowest BCUT2D eigenvalue weighted by Gasteiger charge is -2.23. The van der Waals surface area contributed by atoms with E-state index >= 15 is 0 Å². The van der Waals surface area contributed by atoms with Crippen molar-refractivity contribution >= 4 is 16.9 Å². The van der Waals surface area contributed by atoms with Crippen molar-refractivity contribution in [3.05, 3.63) is 35.2 Å². The van der Waals surface area contributed by atoms with Gasteiger partial charge in [0.2, 0.25) is 0 Å². The molecule has 0 N–H and O–H groups in total. The van der Waals surface area contributed by atoms with Gasteiger partial charge in [-0.2, -0.15) is 0 Å². The molecule has 1 atom stereocenters. The van der Waals surface area contributed by atoms with Crippen LogP contribution in [0.4, 0.5) is 0 Å². The molecule has 0 aliphatic heterocycles. The molecule has 1 aromatic carbocycles. The average Bonchev–Trinajstić information content (AvgIpc) is 2.45. The Kier molecular flexibility index (Phi) is 4.02. The molecular weight excluding hydrogens is 250 g/mol. The molecule has 20 heavy (non-hydrogen) atoms. The van der Waals surface area contributed by atoms with Gasteiger partial charge in [0.15, 0.2) is 0 Å². The molecule has 2 aromatic rings. The molecular formula is C16H21N3O. The van der Waals surface area contributed by atoms with Gasteiger partial charge in [-0.05, 0) is 45.4 Å². The summed E-state index contributed by atoms with van der Waals surface area (Å²) in [5.74, 6) is 0.0290. The zero-order chi connectivity index (χ0) is 14.9. The molecule has 1 heterocycles. The molecule has 0 fully saturated rings. The van der Waals surface area contributed by atoms with Gasteiger partial charge in [-0.15, -0.1) is 0 Å². The number of rotatable bonds is 3. The number of carbonyl (C=O) groups is 1. The van der Waals surface area contributed by atoms with Crippen molar-refractivity contribution in [3.8, 4) is 0 Å². The summed E-state index contributed by atoms with van der Waals surface area (Å²) in [4.78, 5) is 23.2. The maximum absolute atomic E-state index is 12.4. The van der Waals surface area contributed by atoms with Crippen molar-refractivity contribution < 1.29 is 4.79 Å². The average molecular weight is 271 g/mol. The van der Waals surface area contributed by atoms with Gasteiger partial charge < -0.3 is 4.90 Å². The Morgan fingerprint density at radius 1 is 1.20 bits per heavy atom. The first-order valence-electron chi connectivity index (χ1n) is 6.96. The summed E-state index contributed by atoms with van der Waals surface area (Å²) >= 11 is 0. The first-order chi connectivity index (χ1) is 9.43. The molecule has 0 spiro atoms. The van der Waals surface area contributed by atoms with E-state index in [-0.39, 0.29) is 11.9 Å². The lowest BCUT2D eigenvalue weighted by molar-refractivity contribution is 0.0740. The largest absolute Gasteiger partial charge is 0.339 e. The Hall–Kier alpha value is -1.97. The van der Waals surface area contributed by atoms with Gasteiger partial charge >= 0.3 is 0 Å². The van der Waals surface area contributed by atoms with E-state index in [0.717, 1.165) is 28.8 Å². The van der Waals surface area contributed by atoms with Crippen molar-refractivity contribution in [1.29, 1.82) is 0 Å². The summed E-state index contributed by atoms with van der Waals surface area (Å²) < 4.78 is 0. The number of hydrogen-bond acceptors (Lipinski definition) is 3. The summed E-state index contributed by atoms with van der Waals surface area (Å²) in [7, 11) is 1.84. The molecule has 0 bridgehead atoms. The summed E-state index contributed by atoms with van der Waals surface area (Å²) in [6.45, 7) is 8.00. The Morgan fingerprint density at radius 3 is 2.40 bits per heavy atom. The molecule has 106 valence electrons. The number of benzene rings is 1. The van der Waals surface area contributed by atoms with Crippen molar-refractivity contribution in [2.24, 2.45) is 0 Å². The van der Waals surface area contributed by atoms with Gasteiger partial charge in [0, 0.05) is 18.7 Å². The van der Waals surface area contributed by atoms with Crippen molar-refractivity contribution in [2.45, 2.75) is 40.2 Å². The molecule has 1 amide bonds. The predicted molar refractivity (Wildman–Crippen MR) is 80.9 cm³/mol. The molecule has 2 rings (SSSR count). The first kappa shape index (κ1) is 14.4. The third kappa shape index (κ3) is 2.64. The monoisotopic (exact) mass is 271 g/mol. The summed E-state index contributed by atoms with van der Waals surface area (Å²) in [5, 5.41) is 0. The van der Waals surface area contributed by atoms with E-state index in [1.807, 2.05) is 46.0 Å². The molecule has 0 saturated carbocycles. The standard InChI is InChI=1S/C16H21N3O/c1-6-10(2)19(5)16(20)13-7-8-14-15(9-13)18-12(4)11(3)17-14/h7-10H,6H2,1-5H3. The lowest BCUT2D eigenvalue weighted by Crippen LogP contribution is -2.34. The molecule has 1 unspecified atom stereocenters. The maximum Gasteiger partial charge on any atom is 0.253 e. The van der Waals surface area contributed by atoms with Crippen LogP contribution in [-0.4, -0.2) is 33.9 Å². The molecule has 0 saturated heterocycles. The van der Waals surface area contributed by atoms with E-state index in [1.165, 1.54) is 0 Å². The van der Waals surface area contributed by atoms with Crippen molar-refractivity contribution in [1.82, 2.24) is 14.9 Å². The molecule has 0 aliphatic carbocycles. The summed E-state index contributed by atoms with van der Waals surface area (Å²) in [5.41, 5.74) is 4.09. The number of aromatic nitrogens is 2. The predicted octanol–water partition coefficient (Wildman–Crippen LogP) is 3.12. The highest BCUT2D eigenvalue weighted by Gasteiger charge is 2.16. The fraction of sp³-hybridized carbons (Fsp3) is 0.438. The summed E-state index contributed by atoms with van der Waals surface area (Å²) in [6, 6.07) is 5.75. The van der Waals surface area contributed by atoms with Crippen molar-refractivity contribution in [2.75, 3.05) is 7.05 Å². The highest BCUT2D eigenvalue weighted by molar-refractivity contribution is 5.97. The van der Waals surface area contributed by atoms with Gasteiger partial charge in [0.1, 0.15) is 0 Å². The fourth-order valence-corrected chi connectivity index (χ4v) is 2.04. The number of hydrogen-bond donors (Lipinski definition) is 0.